The lowest BCUT2D eigenvalue weighted by Gasteiger charge is -2.23. The maximum Gasteiger partial charge on any atom is 0.320 e. The second kappa shape index (κ2) is 11.2. The molecule has 1 aliphatic rings. The summed E-state index contributed by atoms with van der Waals surface area (Å²) in [5, 5.41) is 23.0. The molecule has 10 heteroatoms. The normalized spacial score (nSPS) is 15.6. The summed E-state index contributed by atoms with van der Waals surface area (Å²) in [7, 11) is 1.56. The van der Waals surface area contributed by atoms with Gasteiger partial charge in [0.25, 0.3) is 0 Å². The average Bonchev–Trinajstić information content (AvgIpc) is 3.32. The van der Waals surface area contributed by atoms with Gasteiger partial charge < -0.3 is 19.9 Å². The number of aromatic nitrogens is 2. The molecule has 1 fully saturated rings. The summed E-state index contributed by atoms with van der Waals surface area (Å²) in [5.74, 6) is 0.822. The van der Waals surface area contributed by atoms with Crippen LogP contribution in [0.25, 0.3) is 10.9 Å². The third-order valence-electron chi connectivity index (χ3n) is 5.96. The number of halogens is 1. The predicted molar refractivity (Wildman–Crippen MR) is 132 cm³/mol. The molecule has 1 aromatic heterocycles. The summed E-state index contributed by atoms with van der Waals surface area (Å²) in [6, 6.07) is 10.7. The second-order valence-electron chi connectivity index (χ2n) is 8.25. The number of hydrogen-bond acceptors (Lipinski definition) is 8. The number of benzene rings is 2. The van der Waals surface area contributed by atoms with Gasteiger partial charge in [-0.25, -0.2) is 9.97 Å². The van der Waals surface area contributed by atoms with Crippen molar-refractivity contribution in [2.24, 2.45) is 0 Å². The molecule has 182 valence electrons. The number of rotatable bonds is 10. The summed E-state index contributed by atoms with van der Waals surface area (Å²) in [6.45, 7) is 1.58. The van der Waals surface area contributed by atoms with E-state index < -0.39 is 12.0 Å². The Morgan fingerprint density at radius 1 is 1.31 bits per heavy atom. The second-order valence-corrected chi connectivity index (χ2v) is 8.68. The third-order valence-corrected chi connectivity index (χ3v) is 6.19. The molecule has 0 radical (unpaired) electrons. The molecule has 1 aliphatic heterocycles. The number of anilines is 2. The lowest BCUT2D eigenvalue weighted by atomic mass is 10.1. The third kappa shape index (κ3) is 5.73. The van der Waals surface area contributed by atoms with Crippen LogP contribution in [0.3, 0.4) is 0 Å². The van der Waals surface area contributed by atoms with Crippen LogP contribution in [0.4, 0.5) is 11.5 Å². The number of aliphatic carboxylic acids is 1. The maximum absolute atomic E-state index is 11.6. The van der Waals surface area contributed by atoms with E-state index in [2.05, 4.69) is 21.4 Å². The summed E-state index contributed by atoms with van der Waals surface area (Å²) in [5.41, 5.74) is 2.31. The Labute approximate surface area is 208 Å². The molecule has 0 spiro atoms. The van der Waals surface area contributed by atoms with Crippen molar-refractivity contribution >= 4 is 40.0 Å². The molecular weight excluding hydrogens is 470 g/mol. The van der Waals surface area contributed by atoms with E-state index >= 15 is 0 Å². The van der Waals surface area contributed by atoms with E-state index in [-0.39, 0.29) is 0 Å². The number of unbranched alkanes of at least 4 members (excludes halogenated alkanes) is 1. The first-order chi connectivity index (χ1) is 17.0. The van der Waals surface area contributed by atoms with Gasteiger partial charge in [0.15, 0.2) is 11.5 Å². The molecule has 2 aromatic carbocycles. The van der Waals surface area contributed by atoms with Crippen LogP contribution < -0.4 is 14.8 Å². The molecule has 9 nitrogen and oxygen atoms in total. The van der Waals surface area contributed by atoms with E-state index in [9.17, 15) is 9.90 Å². The topological polar surface area (TPSA) is 121 Å². The number of carboxylic acid groups (broad SMARTS) is 1. The zero-order valence-electron chi connectivity index (χ0n) is 19.3. The zero-order chi connectivity index (χ0) is 24.8. The Hall–Kier alpha value is -3.61. The molecule has 0 unspecified atom stereocenters. The summed E-state index contributed by atoms with van der Waals surface area (Å²) in [4.78, 5) is 22.4. The van der Waals surface area contributed by atoms with Crippen molar-refractivity contribution in [3.05, 3.63) is 47.2 Å². The highest BCUT2D eigenvalue weighted by Gasteiger charge is 2.30. The number of nitrogens with zero attached hydrogens (tertiary/aromatic N) is 4. The maximum atomic E-state index is 11.6. The minimum Gasteiger partial charge on any atom is -0.493 e. The van der Waals surface area contributed by atoms with Crippen LogP contribution in [0.1, 0.15) is 31.2 Å². The summed E-state index contributed by atoms with van der Waals surface area (Å²) >= 11 is 6.30. The molecule has 0 amide bonds. The number of likely N-dealkylation sites (tertiary alicyclic amines) is 1. The van der Waals surface area contributed by atoms with E-state index in [0.29, 0.717) is 60.3 Å². The fourth-order valence-corrected chi connectivity index (χ4v) is 4.39. The van der Waals surface area contributed by atoms with E-state index in [1.165, 1.54) is 6.33 Å². The Morgan fingerprint density at radius 2 is 2.17 bits per heavy atom. The molecule has 3 aromatic rings. The van der Waals surface area contributed by atoms with Crippen LogP contribution >= 0.6 is 11.6 Å². The van der Waals surface area contributed by atoms with Crippen molar-refractivity contribution in [3.63, 3.8) is 0 Å². The minimum absolute atomic E-state index is 0.380. The number of fused-ring (bicyclic) bond motifs is 1. The van der Waals surface area contributed by atoms with Crippen LogP contribution in [0.15, 0.2) is 36.7 Å². The molecular formula is C25H26ClN5O4. The van der Waals surface area contributed by atoms with Gasteiger partial charge in [0.2, 0.25) is 0 Å². The summed E-state index contributed by atoms with van der Waals surface area (Å²) < 4.78 is 11.3. The van der Waals surface area contributed by atoms with Gasteiger partial charge in [-0.3, -0.25) is 9.69 Å². The SMILES string of the molecule is COc1cc2ncnc(Nc3cc(Cl)ccc3CN3CCC[C@@H]3C(=O)O)c2cc1OCCCC#N. The highest BCUT2D eigenvalue weighted by atomic mass is 35.5. The van der Waals surface area contributed by atoms with Crippen LogP contribution in [0.5, 0.6) is 11.5 Å². The fraction of sp³-hybridized carbons (Fsp3) is 0.360. The van der Waals surface area contributed by atoms with Gasteiger partial charge >= 0.3 is 5.97 Å². The minimum atomic E-state index is -0.802. The van der Waals surface area contributed by atoms with Gasteiger partial charge in [0.1, 0.15) is 18.2 Å². The molecule has 1 saturated heterocycles. The van der Waals surface area contributed by atoms with Crippen molar-refractivity contribution in [2.75, 3.05) is 25.6 Å². The first-order valence-electron chi connectivity index (χ1n) is 11.3. The molecule has 2 heterocycles. The number of hydrogen-bond donors (Lipinski definition) is 2. The standard InChI is InChI=1S/C25H26ClN5O4/c1-34-22-13-20-18(12-23(22)35-10-3-2-8-27)24(29-15-28-20)30-19-11-17(26)7-6-16(19)14-31-9-4-5-21(31)25(32)33/h6-7,11-13,15,21H,2-5,9-10,14H2,1H3,(H,32,33)(H,28,29,30)/t21-/m1/s1. The van der Waals surface area contributed by atoms with Crippen LogP contribution in [-0.4, -0.2) is 52.2 Å². The van der Waals surface area contributed by atoms with Gasteiger partial charge in [0.05, 0.1) is 25.3 Å². The van der Waals surface area contributed by atoms with Crippen molar-refractivity contribution in [2.45, 2.75) is 38.3 Å². The van der Waals surface area contributed by atoms with Crippen LogP contribution in [-0.2, 0) is 11.3 Å². The molecule has 4 rings (SSSR count). The average molecular weight is 496 g/mol. The quantitative estimate of drug-likeness (QED) is 0.383. The monoisotopic (exact) mass is 495 g/mol. The largest absolute Gasteiger partial charge is 0.493 e. The van der Waals surface area contributed by atoms with Gasteiger partial charge in [-0.1, -0.05) is 17.7 Å². The number of methoxy groups -OCH3 is 1. The first kappa shape index (κ1) is 24.5. The fourth-order valence-electron chi connectivity index (χ4n) is 4.21. The zero-order valence-corrected chi connectivity index (χ0v) is 20.1. The summed E-state index contributed by atoms with van der Waals surface area (Å²) in [6.07, 6.45) is 3.96. The smallest absolute Gasteiger partial charge is 0.320 e. The van der Waals surface area contributed by atoms with Crippen molar-refractivity contribution in [1.82, 2.24) is 14.9 Å². The van der Waals surface area contributed by atoms with E-state index in [0.717, 1.165) is 29.6 Å². The highest BCUT2D eigenvalue weighted by Crippen LogP contribution is 2.36. The van der Waals surface area contributed by atoms with E-state index in [1.807, 2.05) is 17.0 Å². The number of ether oxygens (including phenoxy) is 2. The van der Waals surface area contributed by atoms with Gasteiger partial charge in [-0.2, -0.15) is 5.26 Å². The van der Waals surface area contributed by atoms with Gasteiger partial charge in [-0.15, -0.1) is 0 Å². The molecule has 35 heavy (non-hydrogen) atoms. The lowest BCUT2D eigenvalue weighted by molar-refractivity contribution is -0.142. The molecule has 2 N–H and O–H groups in total. The lowest BCUT2D eigenvalue weighted by Crippen LogP contribution is -2.35. The van der Waals surface area contributed by atoms with E-state index in [4.69, 9.17) is 26.3 Å². The van der Waals surface area contributed by atoms with E-state index in [1.54, 1.807) is 25.3 Å². The number of nitriles is 1. The van der Waals surface area contributed by atoms with Crippen molar-refractivity contribution < 1.29 is 19.4 Å². The molecule has 1 atom stereocenters. The Kier molecular flexibility index (Phi) is 7.85. The first-order valence-corrected chi connectivity index (χ1v) is 11.7. The molecule has 0 bridgehead atoms. The number of carbonyl (C=O) groups is 1. The highest BCUT2D eigenvalue weighted by molar-refractivity contribution is 6.30. The van der Waals surface area contributed by atoms with Gasteiger partial charge in [0, 0.05) is 35.1 Å². The van der Waals surface area contributed by atoms with Gasteiger partial charge in [-0.05, 0) is 49.6 Å². The molecule has 0 aliphatic carbocycles. The Morgan fingerprint density at radius 3 is 2.94 bits per heavy atom. The van der Waals surface area contributed by atoms with Crippen molar-refractivity contribution in [3.8, 4) is 17.6 Å². The number of carboxylic acids is 1. The van der Waals surface area contributed by atoms with Crippen LogP contribution in [0.2, 0.25) is 5.02 Å². The Balaban J connectivity index is 1.65. The van der Waals surface area contributed by atoms with Crippen LogP contribution in [0, 0.1) is 11.3 Å². The predicted octanol–water partition coefficient (Wildman–Crippen LogP) is 4.77. The number of nitrogens with one attached hydrogen (secondary N) is 1. The molecule has 0 saturated carbocycles. The Bertz CT molecular complexity index is 1260. The van der Waals surface area contributed by atoms with Crippen molar-refractivity contribution in [1.29, 1.82) is 5.26 Å².